The van der Waals surface area contributed by atoms with Gasteiger partial charge in [-0.05, 0) is 43.6 Å². The molecule has 2 heteroatoms. The van der Waals surface area contributed by atoms with Crippen molar-refractivity contribution in [1.82, 2.24) is 4.90 Å². The molecule has 2 nitrogen and oxygen atoms in total. The first kappa shape index (κ1) is 14.0. The van der Waals surface area contributed by atoms with Gasteiger partial charge in [-0.1, -0.05) is 27.7 Å². The van der Waals surface area contributed by atoms with Crippen LogP contribution in [0.4, 0.5) is 0 Å². The van der Waals surface area contributed by atoms with E-state index in [2.05, 4.69) is 32.6 Å². The zero-order valence-corrected chi connectivity index (χ0v) is 11.5. The van der Waals surface area contributed by atoms with E-state index in [4.69, 9.17) is 0 Å². The fourth-order valence-electron chi connectivity index (χ4n) is 2.01. The molecule has 0 bridgehead atoms. The molecule has 0 heterocycles. The predicted octanol–water partition coefficient (Wildman–Crippen LogP) is 2.91. The number of aliphatic hydroxyl groups is 1. The summed E-state index contributed by atoms with van der Waals surface area (Å²) in [5, 5.41) is 10.0. The van der Waals surface area contributed by atoms with Gasteiger partial charge in [-0.15, -0.1) is 0 Å². The third-order valence-corrected chi connectivity index (χ3v) is 3.47. The first-order valence-corrected chi connectivity index (χ1v) is 6.84. The maximum Gasteiger partial charge on any atom is 0.0600 e. The standard InChI is InChI=1S/C14H29NO/c1-5-9-15(11-12-6-7-12)10-8-13(16)14(2,3)4/h12-13,16H,5-11H2,1-4H3. The second kappa shape index (κ2) is 6.02. The van der Waals surface area contributed by atoms with Crippen LogP contribution in [-0.2, 0) is 0 Å². The van der Waals surface area contributed by atoms with E-state index in [0.717, 1.165) is 18.9 Å². The monoisotopic (exact) mass is 227 g/mol. The number of nitrogens with zero attached hydrogens (tertiary/aromatic N) is 1. The molecular formula is C14H29NO. The Morgan fingerprint density at radius 2 is 1.88 bits per heavy atom. The Bertz CT molecular complexity index is 193. The number of rotatable bonds is 7. The average Bonchev–Trinajstić information content (AvgIpc) is 2.96. The Hall–Kier alpha value is -0.0800. The maximum atomic E-state index is 10.0. The number of hydrogen-bond acceptors (Lipinski definition) is 2. The van der Waals surface area contributed by atoms with Crippen LogP contribution in [0.2, 0.25) is 0 Å². The van der Waals surface area contributed by atoms with E-state index < -0.39 is 0 Å². The normalized spacial score (nSPS) is 19.1. The zero-order valence-electron chi connectivity index (χ0n) is 11.5. The van der Waals surface area contributed by atoms with Crippen LogP contribution in [-0.4, -0.2) is 35.7 Å². The van der Waals surface area contributed by atoms with E-state index in [1.807, 2.05) is 0 Å². The minimum absolute atomic E-state index is 0.0253. The molecule has 1 N–H and O–H groups in total. The van der Waals surface area contributed by atoms with Crippen molar-refractivity contribution in [2.45, 2.75) is 59.5 Å². The van der Waals surface area contributed by atoms with Gasteiger partial charge in [-0.25, -0.2) is 0 Å². The Kier molecular flexibility index (Phi) is 5.26. The lowest BCUT2D eigenvalue weighted by Gasteiger charge is -2.29. The molecule has 0 aromatic rings. The van der Waals surface area contributed by atoms with E-state index in [9.17, 15) is 5.11 Å². The van der Waals surface area contributed by atoms with Crippen molar-refractivity contribution in [3.8, 4) is 0 Å². The molecule has 0 saturated heterocycles. The summed E-state index contributed by atoms with van der Waals surface area (Å²) in [6.45, 7) is 12.1. The van der Waals surface area contributed by atoms with E-state index in [1.54, 1.807) is 0 Å². The summed E-state index contributed by atoms with van der Waals surface area (Å²) in [6, 6.07) is 0. The van der Waals surface area contributed by atoms with Crippen LogP contribution >= 0.6 is 0 Å². The first-order valence-electron chi connectivity index (χ1n) is 6.84. The molecular weight excluding hydrogens is 198 g/mol. The molecule has 1 saturated carbocycles. The van der Waals surface area contributed by atoms with Gasteiger partial charge in [0.25, 0.3) is 0 Å². The van der Waals surface area contributed by atoms with Crippen LogP contribution in [0, 0.1) is 11.3 Å². The Morgan fingerprint density at radius 1 is 1.25 bits per heavy atom. The van der Waals surface area contributed by atoms with E-state index >= 15 is 0 Å². The second-order valence-electron chi connectivity index (χ2n) is 6.41. The highest BCUT2D eigenvalue weighted by atomic mass is 16.3. The van der Waals surface area contributed by atoms with Gasteiger partial charge in [0.2, 0.25) is 0 Å². The smallest absolute Gasteiger partial charge is 0.0600 e. The summed E-state index contributed by atoms with van der Waals surface area (Å²) in [7, 11) is 0. The summed E-state index contributed by atoms with van der Waals surface area (Å²) in [5.41, 5.74) is 0.0253. The molecule has 0 amide bonds. The minimum Gasteiger partial charge on any atom is -0.393 e. The predicted molar refractivity (Wildman–Crippen MR) is 69.5 cm³/mol. The number of aliphatic hydroxyl groups excluding tert-OH is 1. The van der Waals surface area contributed by atoms with E-state index in [1.165, 1.54) is 32.4 Å². The van der Waals surface area contributed by atoms with Crippen LogP contribution in [0.25, 0.3) is 0 Å². The summed E-state index contributed by atoms with van der Waals surface area (Å²) in [6.07, 6.45) is 4.80. The molecule has 1 unspecified atom stereocenters. The van der Waals surface area contributed by atoms with Crippen molar-refractivity contribution in [3.05, 3.63) is 0 Å². The third-order valence-electron chi connectivity index (χ3n) is 3.47. The first-order chi connectivity index (χ1) is 7.43. The van der Waals surface area contributed by atoms with Crippen LogP contribution < -0.4 is 0 Å². The highest BCUT2D eigenvalue weighted by Gasteiger charge is 2.26. The van der Waals surface area contributed by atoms with E-state index in [-0.39, 0.29) is 11.5 Å². The topological polar surface area (TPSA) is 23.5 Å². The molecule has 0 aliphatic heterocycles. The fourth-order valence-corrected chi connectivity index (χ4v) is 2.01. The highest BCUT2D eigenvalue weighted by molar-refractivity contribution is 4.79. The summed E-state index contributed by atoms with van der Waals surface area (Å²) in [4.78, 5) is 2.53. The second-order valence-corrected chi connectivity index (χ2v) is 6.41. The molecule has 16 heavy (non-hydrogen) atoms. The molecule has 1 aliphatic rings. The minimum atomic E-state index is -0.175. The number of hydrogen-bond donors (Lipinski definition) is 1. The summed E-state index contributed by atoms with van der Waals surface area (Å²) >= 11 is 0. The van der Waals surface area contributed by atoms with Gasteiger partial charge in [-0.2, -0.15) is 0 Å². The molecule has 0 spiro atoms. The third kappa shape index (κ3) is 5.31. The van der Waals surface area contributed by atoms with Crippen molar-refractivity contribution >= 4 is 0 Å². The van der Waals surface area contributed by atoms with Gasteiger partial charge in [0.1, 0.15) is 0 Å². The molecule has 0 radical (unpaired) electrons. The molecule has 1 atom stereocenters. The molecule has 0 aromatic carbocycles. The van der Waals surface area contributed by atoms with Gasteiger partial charge in [-0.3, -0.25) is 0 Å². The lowest BCUT2D eigenvalue weighted by atomic mass is 9.87. The van der Waals surface area contributed by atoms with Gasteiger partial charge in [0.05, 0.1) is 6.10 Å². The van der Waals surface area contributed by atoms with Crippen LogP contribution in [0.1, 0.15) is 53.4 Å². The lowest BCUT2D eigenvalue weighted by molar-refractivity contribution is 0.0451. The Labute approximate surface area is 101 Å². The van der Waals surface area contributed by atoms with Crippen molar-refractivity contribution in [2.24, 2.45) is 11.3 Å². The highest BCUT2D eigenvalue weighted by Crippen LogP contribution is 2.30. The van der Waals surface area contributed by atoms with Crippen LogP contribution in [0.3, 0.4) is 0 Å². The van der Waals surface area contributed by atoms with Gasteiger partial charge in [0, 0.05) is 13.1 Å². The maximum absolute atomic E-state index is 10.0. The van der Waals surface area contributed by atoms with Crippen LogP contribution in [0.15, 0.2) is 0 Å². The summed E-state index contributed by atoms with van der Waals surface area (Å²) < 4.78 is 0. The van der Waals surface area contributed by atoms with Crippen LogP contribution in [0.5, 0.6) is 0 Å². The molecule has 1 fully saturated rings. The molecule has 96 valence electrons. The molecule has 1 rings (SSSR count). The zero-order chi connectivity index (χ0) is 12.2. The molecule has 1 aliphatic carbocycles. The Morgan fingerprint density at radius 3 is 2.31 bits per heavy atom. The molecule has 0 aromatic heterocycles. The van der Waals surface area contributed by atoms with Crippen molar-refractivity contribution < 1.29 is 5.11 Å². The van der Waals surface area contributed by atoms with Gasteiger partial charge in [0.15, 0.2) is 0 Å². The van der Waals surface area contributed by atoms with E-state index in [0.29, 0.717) is 0 Å². The lowest BCUT2D eigenvalue weighted by Crippen LogP contribution is -2.34. The van der Waals surface area contributed by atoms with Crippen molar-refractivity contribution in [3.63, 3.8) is 0 Å². The van der Waals surface area contributed by atoms with Gasteiger partial charge >= 0.3 is 0 Å². The SMILES string of the molecule is CCCN(CCC(O)C(C)(C)C)CC1CC1. The quantitative estimate of drug-likeness (QED) is 0.723. The Balaban J connectivity index is 2.25. The fraction of sp³-hybridized carbons (Fsp3) is 1.00. The largest absolute Gasteiger partial charge is 0.393 e. The average molecular weight is 227 g/mol. The van der Waals surface area contributed by atoms with Gasteiger partial charge < -0.3 is 10.0 Å². The van der Waals surface area contributed by atoms with Crippen molar-refractivity contribution in [2.75, 3.05) is 19.6 Å². The summed E-state index contributed by atoms with van der Waals surface area (Å²) in [5.74, 6) is 0.957. The van der Waals surface area contributed by atoms with Crippen molar-refractivity contribution in [1.29, 1.82) is 0 Å².